The van der Waals surface area contributed by atoms with Gasteiger partial charge in [0.2, 0.25) is 5.91 Å². The summed E-state index contributed by atoms with van der Waals surface area (Å²) in [5.41, 5.74) is 1.44. The van der Waals surface area contributed by atoms with Crippen molar-refractivity contribution in [2.45, 2.75) is 63.6 Å². The standard InChI is InChI=1S/C28H35F2N3O4/c1-3-7-37-26-15-22(31-17-26)14-23(10-18-8-20(29)13-21(30)9-18)32-28(35)19-11-24(16-25(12-19)36-2)33-6-4-5-27(33)34/h8-9,11-13,16,22-23,26,31H,3-7,10,14-15,17H2,1-2H3,(H,32,35)/t22-,23-,26+/m0/s1. The first kappa shape index (κ1) is 27.0. The summed E-state index contributed by atoms with van der Waals surface area (Å²) in [5, 5.41) is 6.51. The van der Waals surface area contributed by atoms with E-state index in [1.54, 1.807) is 23.1 Å². The fourth-order valence-electron chi connectivity index (χ4n) is 5.10. The van der Waals surface area contributed by atoms with Crippen LogP contribution < -0.4 is 20.3 Å². The van der Waals surface area contributed by atoms with E-state index >= 15 is 0 Å². The monoisotopic (exact) mass is 515 g/mol. The number of carbonyl (C=O) groups is 2. The molecular formula is C28H35F2N3O4. The first-order valence-electron chi connectivity index (χ1n) is 12.9. The molecule has 2 heterocycles. The third-order valence-electron chi connectivity index (χ3n) is 6.82. The summed E-state index contributed by atoms with van der Waals surface area (Å²) in [5.74, 6) is -1.16. The van der Waals surface area contributed by atoms with Gasteiger partial charge in [-0.2, -0.15) is 0 Å². The van der Waals surface area contributed by atoms with E-state index in [-0.39, 0.29) is 36.4 Å². The summed E-state index contributed by atoms with van der Waals surface area (Å²) < 4.78 is 39.0. The molecule has 0 unspecified atom stereocenters. The molecular weight excluding hydrogens is 480 g/mol. The van der Waals surface area contributed by atoms with Crippen LogP contribution in [0.25, 0.3) is 0 Å². The summed E-state index contributed by atoms with van der Waals surface area (Å²) in [4.78, 5) is 27.4. The average molecular weight is 516 g/mol. The lowest BCUT2D eigenvalue weighted by atomic mass is 9.97. The topological polar surface area (TPSA) is 79.9 Å². The van der Waals surface area contributed by atoms with Crippen molar-refractivity contribution < 1.29 is 27.8 Å². The van der Waals surface area contributed by atoms with Gasteiger partial charge in [-0.05, 0) is 61.9 Å². The van der Waals surface area contributed by atoms with E-state index in [2.05, 4.69) is 17.6 Å². The van der Waals surface area contributed by atoms with E-state index in [0.717, 1.165) is 31.9 Å². The Morgan fingerprint density at radius 1 is 1.19 bits per heavy atom. The lowest BCUT2D eigenvalue weighted by molar-refractivity contribution is -0.117. The molecule has 2 amide bonds. The van der Waals surface area contributed by atoms with Gasteiger partial charge < -0.3 is 25.0 Å². The Labute approximate surface area is 216 Å². The molecule has 9 heteroatoms. The first-order valence-corrected chi connectivity index (χ1v) is 12.9. The van der Waals surface area contributed by atoms with Crippen LogP contribution in [0.5, 0.6) is 5.75 Å². The van der Waals surface area contributed by atoms with Crippen LogP contribution >= 0.6 is 0 Å². The number of hydrogen-bond acceptors (Lipinski definition) is 5. The summed E-state index contributed by atoms with van der Waals surface area (Å²) in [6, 6.07) is 8.17. The molecule has 2 fully saturated rings. The number of halogens is 2. The predicted molar refractivity (Wildman–Crippen MR) is 137 cm³/mol. The highest BCUT2D eigenvalue weighted by Crippen LogP contribution is 2.28. The summed E-state index contributed by atoms with van der Waals surface area (Å²) in [6.45, 7) is 4.07. The fraction of sp³-hybridized carbons (Fsp3) is 0.500. The Morgan fingerprint density at radius 3 is 2.65 bits per heavy atom. The number of nitrogens with one attached hydrogen (secondary N) is 2. The fourth-order valence-corrected chi connectivity index (χ4v) is 5.10. The highest BCUT2D eigenvalue weighted by atomic mass is 19.1. The molecule has 2 aliphatic rings. The normalized spacial score (nSPS) is 20.3. The van der Waals surface area contributed by atoms with E-state index < -0.39 is 11.6 Å². The van der Waals surface area contributed by atoms with Gasteiger partial charge in [0.05, 0.1) is 13.2 Å². The number of amides is 2. The second-order valence-corrected chi connectivity index (χ2v) is 9.79. The van der Waals surface area contributed by atoms with Gasteiger partial charge in [-0.15, -0.1) is 0 Å². The van der Waals surface area contributed by atoms with Crippen LogP contribution in [0.3, 0.4) is 0 Å². The number of ether oxygens (including phenoxy) is 2. The molecule has 2 N–H and O–H groups in total. The Kier molecular flexibility index (Phi) is 9.10. The largest absolute Gasteiger partial charge is 0.497 e. The van der Waals surface area contributed by atoms with Gasteiger partial charge in [-0.1, -0.05) is 6.92 Å². The van der Waals surface area contributed by atoms with Crippen LogP contribution in [-0.2, 0) is 16.0 Å². The minimum atomic E-state index is -0.653. The van der Waals surface area contributed by atoms with E-state index in [0.29, 0.717) is 48.6 Å². The van der Waals surface area contributed by atoms with Gasteiger partial charge >= 0.3 is 0 Å². The van der Waals surface area contributed by atoms with Crippen molar-refractivity contribution in [3.8, 4) is 5.75 Å². The Morgan fingerprint density at radius 2 is 1.97 bits per heavy atom. The maximum atomic E-state index is 13.9. The summed E-state index contributed by atoms with van der Waals surface area (Å²) >= 11 is 0. The third kappa shape index (κ3) is 7.26. The summed E-state index contributed by atoms with van der Waals surface area (Å²) in [6.07, 6.45) is 3.91. The number of benzene rings is 2. The van der Waals surface area contributed by atoms with Crippen LogP contribution in [-0.4, -0.2) is 56.8 Å². The molecule has 0 spiro atoms. The van der Waals surface area contributed by atoms with E-state index in [1.165, 1.54) is 19.2 Å². The zero-order valence-electron chi connectivity index (χ0n) is 21.4. The molecule has 0 radical (unpaired) electrons. The van der Waals surface area contributed by atoms with Gasteiger partial charge in [-0.25, -0.2) is 8.78 Å². The Hall–Kier alpha value is -3.04. The number of nitrogens with zero attached hydrogens (tertiary/aromatic N) is 1. The van der Waals surface area contributed by atoms with E-state index in [1.807, 2.05) is 0 Å². The van der Waals surface area contributed by atoms with E-state index in [9.17, 15) is 18.4 Å². The quantitative estimate of drug-likeness (QED) is 0.473. The highest BCUT2D eigenvalue weighted by molar-refractivity contribution is 5.99. The van der Waals surface area contributed by atoms with Crippen molar-refractivity contribution in [1.82, 2.24) is 10.6 Å². The molecule has 2 aliphatic heterocycles. The van der Waals surface area contributed by atoms with Crippen LogP contribution in [0.2, 0.25) is 0 Å². The average Bonchev–Trinajstić information content (AvgIpc) is 3.50. The highest BCUT2D eigenvalue weighted by Gasteiger charge is 2.29. The first-order chi connectivity index (χ1) is 17.8. The maximum Gasteiger partial charge on any atom is 0.251 e. The zero-order valence-corrected chi connectivity index (χ0v) is 21.4. The number of hydrogen-bond donors (Lipinski definition) is 2. The molecule has 2 aromatic carbocycles. The number of anilines is 1. The second kappa shape index (κ2) is 12.5. The molecule has 3 atom stereocenters. The smallest absolute Gasteiger partial charge is 0.251 e. The van der Waals surface area contributed by atoms with Gasteiger partial charge in [0, 0.05) is 61.6 Å². The van der Waals surface area contributed by atoms with Crippen molar-refractivity contribution in [1.29, 1.82) is 0 Å². The zero-order chi connectivity index (χ0) is 26.4. The SMILES string of the molecule is CCCO[C@H]1CN[C@@H](C[C@H](Cc2cc(F)cc(F)c2)NC(=O)c2cc(OC)cc(N3CCCC3=O)c2)C1. The van der Waals surface area contributed by atoms with Crippen molar-refractivity contribution in [3.05, 3.63) is 59.2 Å². The molecule has 2 aromatic rings. The van der Waals surface area contributed by atoms with Gasteiger partial charge in [0.15, 0.2) is 0 Å². The van der Waals surface area contributed by atoms with Crippen molar-refractivity contribution in [3.63, 3.8) is 0 Å². The minimum Gasteiger partial charge on any atom is -0.497 e. The van der Waals surface area contributed by atoms with Crippen LogP contribution in [0.4, 0.5) is 14.5 Å². The van der Waals surface area contributed by atoms with Crippen molar-refractivity contribution in [2.24, 2.45) is 0 Å². The molecule has 0 bridgehead atoms. The van der Waals surface area contributed by atoms with Crippen molar-refractivity contribution >= 4 is 17.5 Å². The molecule has 0 saturated carbocycles. The van der Waals surface area contributed by atoms with Crippen LogP contribution in [0.15, 0.2) is 36.4 Å². The molecule has 2 saturated heterocycles. The van der Waals surface area contributed by atoms with E-state index in [4.69, 9.17) is 9.47 Å². The molecule has 0 aliphatic carbocycles. The third-order valence-corrected chi connectivity index (χ3v) is 6.82. The van der Waals surface area contributed by atoms with Gasteiger partial charge in [0.1, 0.15) is 17.4 Å². The maximum absolute atomic E-state index is 13.9. The number of rotatable bonds is 11. The molecule has 0 aromatic heterocycles. The summed E-state index contributed by atoms with van der Waals surface area (Å²) in [7, 11) is 1.51. The lowest BCUT2D eigenvalue weighted by Crippen LogP contribution is -2.41. The second-order valence-electron chi connectivity index (χ2n) is 9.79. The lowest BCUT2D eigenvalue weighted by Gasteiger charge is -2.23. The molecule has 37 heavy (non-hydrogen) atoms. The van der Waals surface area contributed by atoms with Gasteiger partial charge in [-0.3, -0.25) is 9.59 Å². The van der Waals surface area contributed by atoms with Crippen LogP contribution in [0.1, 0.15) is 54.9 Å². The number of methoxy groups -OCH3 is 1. The van der Waals surface area contributed by atoms with Crippen molar-refractivity contribution in [2.75, 3.05) is 31.7 Å². The Balaban J connectivity index is 1.52. The Bertz CT molecular complexity index is 1090. The van der Waals surface area contributed by atoms with Crippen LogP contribution in [0, 0.1) is 11.6 Å². The molecule has 200 valence electrons. The minimum absolute atomic E-state index is 0.0118. The number of carbonyl (C=O) groups excluding carboxylic acids is 2. The van der Waals surface area contributed by atoms with Gasteiger partial charge in [0.25, 0.3) is 5.91 Å². The molecule has 4 rings (SSSR count). The molecule has 7 nitrogen and oxygen atoms in total. The predicted octanol–water partition coefficient (Wildman–Crippen LogP) is 3.99.